The number of hydrogen-bond acceptors (Lipinski definition) is 4. The van der Waals surface area contributed by atoms with E-state index in [0.717, 1.165) is 52.0 Å². The molecule has 0 saturated carbocycles. The predicted molar refractivity (Wildman–Crippen MR) is 57.4 cm³/mol. The van der Waals surface area contributed by atoms with Crippen molar-refractivity contribution in [2.45, 2.75) is 25.7 Å². The Morgan fingerprint density at radius 1 is 1.27 bits per heavy atom. The van der Waals surface area contributed by atoms with E-state index < -0.39 is 0 Å². The van der Waals surface area contributed by atoms with Gasteiger partial charge in [0.25, 0.3) is 0 Å². The van der Waals surface area contributed by atoms with Crippen molar-refractivity contribution in [3.63, 3.8) is 0 Å². The Kier molecular flexibility index (Phi) is 4.11. The van der Waals surface area contributed by atoms with E-state index in [2.05, 4.69) is 10.4 Å². The number of nitrogens with zero attached hydrogens (tertiary/aromatic N) is 1. The molecule has 3 aliphatic rings. The summed E-state index contributed by atoms with van der Waals surface area (Å²) in [6.07, 6.45) is 3.71. The molecule has 2 bridgehead atoms. The van der Waals surface area contributed by atoms with Crippen molar-refractivity contribution in [3.05, 3.63) is 0 Å². The molecule has 4 nitrogen and oxygen atoms in total. The fourth-order valence-corrected chi connectivity index (χ4v) is 2.34. The largest absolute Gasteiger partial charge is 0.301 e. The number of nitrogens with one attached hydrogen (secondary N) is 1. The second-order valence-corrected chi connectivity index (χ2v) is 4.43. The maximum Gasteiger partial charge on any atom is 0.136 e. The van der Waals surface area contributed by atoms with Gasteiger partial charge in [-0.1, -0.05) is 0 Å². The Hall–Kier alpha value is -0.450. The SMILES string of the molecule is O=C1CCCNOCCN2CCC1CC2. The summed E-state index contributed by atoms with van der Waals surface area (Å²) in [5.74, 6) is 0.790. The van der Waals surface area contributed by atoms with E-state index in [1.165, 1.54) is 0 Å². The van der Waals surface area contributed by atoms with Crippen LogP contribution in [0.1, 0.15) is 25.7 Å². The molecule has 0 unspecified atom stereocenters. The third-order valence-corrected chi connectivity index (χ3v) is 3.36. The number of hydrogen-bond donors (Lipinski definition) is 1. The van der Waals surface area contributed by atoms with E-state index in [4.69, 9.17) is 4.84 Å². The standard InChI is InChI=1S/C11H20N2O2/c14-11-2-1-5-12-15-9-8-13-6-3-10(11)4-7-13/h10,12H,1-9H2. The summed E-state index contributed by atoms with van der Waals surface area (Å²) in [4.78, 5) is 19.5. The average Bonchev–Trinajstić information content (AvgIpc) is 2.26. The highest BCUT2D eigenvalue weighted by atomic mass is 16.6. The first kappa shape index (κ1) is 11.0. The van der Waals surface area contributed by atoms with Gasteiger partial charge in [0, 0.05) is 25.4 Å². The number of Topliss-reactive ketones (excluding diaryl/α,β-unsaturated/α-hetero) is 1. The normalized spacial score (nSPS) is 34.5. The quantitative estimate of drug-likeness (QED) is 0.638. The van der Waals surface area contributed by atoms with Gasteiger partial charge in [-0.2, -0.15) is 0 Å². The van der Waals surface area contributed by atoms with Crippen LogP contribution in [-0.4, -0.2) is 43.5 Å². The zero-order valence-corrected chi connectivity index (χ0v) is 9.21. The van der Waals surface area contributed by atoms with Crippen LogP contribution in [0.4, 0.5) is 0 Å². The molecule has 1 N–H and O–H groups in total. The van der Waals surface area contributed by atoms with Crippen molar-refractivity contribution < 1.29 is 9.63 Å². The van der Waals surface area contributed by atoms with Crippen molar-refractivity contribution in [1.82, 2.24) is 10.4 Å². The van der Waals surface area contributed by atoms with E-state index >= 15 is 0 Å². The maximum atomic E-state index is 11.8. The van der Waals surface area contributed by atoms with Crippen LogP contribution in [0.5, 0.6) is 0 Å². The van der Waals surface area contributed by atoms with Crippen LogP contribution in [0.2, 0.25) is 0 Å². The Labute approximate surface area is 90.9 Å². The third-order valence-electron chi connectivity index (χ3n) is 3.36. The molecule has 3 fully saturated rings. The number of fused-ring (bicyclic) bond motifs is 9. The van der Waals surface area contributed by atoms with Crippen molar-refractivity contribution in [3.8, 4) is 0 Å². The number of carbonyl (C=O) groups is 1. The average molecular weight is 212 g/mol. The van der Waals surface area contributed by atoms with Gasteiger partial charge in [-0.25, -0.2) is 5.48 Å². The highest BCUT2D eigenvalue weighted by Gasteiger charge is 2.24. The number of piperidine rings is 1. The lowest BCUT2D eigenvalue weighted by molar-refractivity contribution is -0.124. The lowest BCUT2D eigenvalue weighted by Crippen LogP contribution is -2.39. The maximum absolute atomic E-state index is 11.8. The molecule has 0 radical (unpaired) electrons. The molecule has 0 spiro atoms. The summed E-state index contributed by atoms with van der Waals surface area (Å²) in [5.41, 5.74) is 2.90. The first-order valence-corrected chi connectivity index (χ1v) is 5.96. The predicted octanol–water partition coefficient (Wildman–Crippen LogP) is 0.582. The monoisotopic (exact) mass is 212 g/mol. The summed E-state index contributed by atoms with van der Waals surface area (Å²) in [6, 6.07) is 0. The summed E-state index contributed by atoms with van der Waals surface area (Å²) in [6.45, 7) is 4.63. The van der Waals surface area contributed by atoms with E-state index in [1.807, 2.05) is 0 Å². The number of hydroxylamine groups is 1. The fourth-order valence-electron chi connectivity index (χ4n) is 2.34. The number of carbonyl (C=O) groups excluding carboxylic acids is 1. The van der Waals surface area contributed by atoms with E-state index in [0.29, 0.717) is 18.1 Å². The lowest BCUT2D eigenvalue weighted by atomic mass is 9.90. The second kappa shape index (κ2) is 5.58. The zero-order valence-electron chi connectivity index (χ0n) is 9.21. The number of ketones is 1. The Morgan fingerprint density at radius 3 is 2.87 bits per heavy atom. The van der Waals surface area contributed by atoms with Gasteiger partial charge in [-0.3, -0.25) is 4.79 Å². The van der Waals surface area contributed by atoms with Gasteiger partial charge in [0.1, 0.15) is 5.78 Å². The minimum absolute atomic E-state index is 0.335. The lowest BCUT2D eigenvalue weighted by Gasteiger charge is -2.31. The highest BCUT2D eigenvalue weighted by molar-refractivity contribution is 5.81. The summed E-state index contributed by atoms with van der Waals surface area (Å²) >= 11 is 0. The van der Waals surface area contributed by atoms with Crippen LogP contribution in [0, 0.1) is 5.92 Å². The first-order chi connectivity index (χ1) is 7.36. The van der Waals surface area contributed by atoms with E-state index in [-0.39, 0.29) is 0 Å². The molecule has 86 valence electrons. The van der Waals surface area contributed by atoms with Gasteiger partial charge in [0.15, 0.2) is 0 Å². The molecule has 4 heteroatoms. The summed E-state index contributed by atoms with van der Waals surface area (Å²) in [7, 11) is 0. The Bertz CT molecular complexity index is 213. The van der Waals surface area contributed by atoms with Crippen molar-refractivity contribution in [2.75, 3.05) is 32.8 Å². The van der Waals surface area contributed by atoms with E-state index in [9.17, 15) is 4.79 Å². The molecular weight excluding hydrogens is 192 g/mol. The van der Waals surface area contributed by atoms with Crippen LogP contribution >= 0.6 is 0 Å². The van der Waals surface area contributed by atoms with Crippen LogP contribution in [0.25, 0.3) is 0 Å². The van der Waals surface area contributed by atoms with Crippen LogP contribution in [0.15, 0.2) is 0 Å². The van der Waals surface area contributed by atoms with Gasteiger partial charge < -0.3 is 9.74 Å². The van der Waals surface area contributed by atoms with Gasteiger partial charge in [-0.05, 0) is 32.4 Å². The molecule has 0 aromatic heterocycles. The molecule has 3 aliphatic heterocycles. The molecule has 0 aliphatic carbocycles. The minimum atomic E-state index is 0.335. The minimum Gasteiger partial charge on any atom is -0.301 e. The first-order valence-electron chi connectivity index (χ1n) is 5.96. The van der Waals surface area contributed by atoms with Crippen LogP contribution in [0.3, 0.4) is 0 Å². The Morgan fingerprint density at radius 2 is 2.07 bits per heavy atom. The van der Waals surface area contributed by atoms with Gasteiger partial charge in [-0.15, -0.1) is 0 Å². The van der Waals surface area contributed by atoms with Gasteiger partial charge >= 0.3 is 0 Å². The molecule has 3 rings (SSSR count). The smallest absolute Gasteiger partial charge is 0.136 e. The highest BCUT2D eigenvalue weighted by Crippen LogP contribution is 2.19. The van der Waals surface area contributed by atoms with Crippen LogP contribution < -0.4 is 5.48 Å². The molecule has 3 heterocycles. The van der Waals surface area contributed by atoms with Gasteiger partial charge in [0.2, 0.25) is 0 Å². The molecule has 0 aromatic carbocycles. The molecule has 0 amide bonds. The second-order valence-electron chi connectivity index (χ2n) is 4.43. The topological polar surface area (TPSA) is 41.6 Å². The fraction of sp³-hybridized carbons (Fsp3) is 0.909. The molecule has 15 heavy (non-hydrogen) atoms. The van der Waals surface area contributed by atoms with Crippen molar-refractivity contribution in [2.24, 2.45) is 5.92 Å². The third kappa shape index (κ3) is 3.26. The Balaban J connectivity index is 1.88. The summed E-state index contributed by atoms with van der Waals surface area (Å²) in [5, 5.41) is 0. The molecule has 3 saturated heterocycles. The molecule has 0 aromatic rings. The number of rotatable bonds is 0. The van der Waals surface area contributed by atoms with Gasteiger partial charge in [0.05, 0.1) is 6.61 Å². The molecule has 0 atom stereocenters. The summed E-state index contributed by atoms with van der Waals surface area (Å²) < 4.78 is 0. The zero-order chi connectivity index (χ0) is 10.5. The van der Waals surface area contributed by atoms with E-state index in [1.54, 1.807) is 0 Å². The van der Waals surface area contributed by atoms with Crippen LogP contribution in [-0.2, 0) is 9.63 Å². The molecular formula is C11H20N2O2. The van der Waals surface area contributed by atoms with Crippen molar-refractivity contribution in [1.29, 1.82) is 0 Å². The van der Waals surface area contributed by atoms with Crippen molar-refractivity contribution >= 4 is 5.78 Å².